The lowest BCUT2D eigenvalue weighted by Gasteiger charge is -2.37. The average Bonchev–Trinajstić information content (AvgIpc) is 2.43. The maximum Gasteiger partial charge on any atom is 0.146 e. The van der Waals surface area contributed by atoms with Crippen molar-refractivity contribution >= 4 is 21.7 Å². The third-order valence-electron chi connectivity index (χ3n) is 3.90. The van der Waals surface area contributed by atoms with Crippen LogP contribution in [0.1, 0.15) is 39.1 Å². The number of hydrogen-bond donors (Lipinski definition) is 1. The Bertz CT molecular complexity index is 469. The van der Waals surface area contributed by atoms with Crippen LogP contribution in [0.3, 0.4) is 0 Å². The largest absolute Gasteiger partial charge is 0.325 e. The molecular weight excluding hydrogens is 294 g/mol. The first-order valence-electron chi connectivity index (χ1n) is 5.98. The normalized spacial score (nSPS) is 12.9. The minimum absolute atomic E-state index is 0.124. The summed E-state index contributed by atoms with van der Waals surface area (Å²) in [5, 5.41) is 4.29. The molecule has 1 rings (SSSR count). The summed E-state index contributed by atoms with van der Waals surface area (Å²) in [5.41, 5.74) is 6.76. The summed E-state index contributed by atoms with van der Waals surface area (Å²) >= 11 is 3.48. The van der Waals surface area contributed by atoms with Crippen molar-refractivity contribution in [1.82, 2.24) is 9.78 Å². The second kappa shape index (κ2) is 4.78. The SMILES string of the molecule is Cc1nn(C)c(CC(=O)C(C)(C)C(C)(C)N)c1Br. The van der Waals surface area contributed by atoms with Gasteiger partial charge in [-0.3, -0.25) is 9.48 Å². The minimum atomic E-state index is -0.579. The number of carbonyl (C=O) groups is 1. The van der Waals surface area contributed by atoms with Crippen molar-refractivity contribution in [3.63, 3.8) is 0 Å². The van der Waals surface area contributed by atoms with Crippen LogP contribution in [-0.2, 0) is 18.3 Å². The number of nitrogens with zero attached hydrogens (tertiary/aromatic N) is 2. The molecule has 5 heteroatoms. The van der Waals surface area contributed by atoms with Crippen LogP contribution in [0.25, 0.3) is 0 Å². The van der Waals surface area contributed by atoms with E-state index >= 15 is 0 Å². The highest BCUT2D eigenvalue weighted by Crippen LogP contribution is 2.32. The van der Waals surface area contributed by atoms with E-state index in [2.05, 4.69) is 21.0 Å². The van der Waals surface area contributed by atoms with Gasteiger partial charge >= 0.3 is 0 Å². The maximum atomic E-state index is 12.5. The highest BCUT2D eigenvalue weighted by Gasteiger charge is 2.40. The Morgan fingerprint density at radius 1 is 1.39 bits per heavy atom. The average molecular weight is 316 g/mol. The molecule has 0 atom stereocenters. The van der Waals surface area contributed by atoms with Crippen LogP contribution in [0.15, 0.2) is 4.47 Å². The Morgan fingerprint density at radius 3 is 2.22 bits per heavy atom. The van der Waals surface area contributed by atoms with Crippen LogP contribution in [0, 0.1) is 12.3 Å². The summed E-state index contributed by atoms with van der Waals surface area (Å²) in [6, 6.07) is 0. The van der Waals surface area contributed by atoms with E-state index in [4.69, 9.17) is 5.73 Å². The third-order valence-corrected chi connectivity index (χ3v) is 4.93. The number of aryl methyl sites for hydroxylation is 2. The maximum absolute atomic E-state index is 12.5. The molecule has 0 saturated carbocycles. The van der Waals surface area contributed by atoms with Crippen molar-refractivity contribution in [2.75, 3.05) is 0 Å². The lowest BCUT2D eigenvalue weighted by atomic mass is 9.71. The molecule has 0 spiro atoms. The van der Waals surface area contributed by atoms with Crippen LogP contribution < -0.4 is 5.73 Å². The second-order valence-corrected chi connectivity index (χ2v) is 6.71. The second-order valence-electron chi connectivity index (χ2n) is 5.92. The molecule has 0 aromatic carbocycles. The summed E-state index contributed by atoms with van der Waals surface area (Å²) < 4.78 is 2.65. The van der Waals surface area contributed by atoms with Crippen molar-refractivity contribution in [2.45, 2.75) is 46.6 Å². The van der Waals surface area contributed by atoms with Gasteiger partial charge in [-0.15, -0.1) is 0 Å². The summed E-state index contributed by atoms with van der Waals surface area (Å²) in [5.74, 6) is 0.124. The van der Waals surface area contributed by atoms with Crippen LogP contribution >= 0.6 is 15.9 Å². The first kappa shape index (κ1) is 15.4. The summed E-state index contributed by atoms with van der Waals surface area (Å²) in [6.07, 6.45) is 0.339. The number of nitrogens with two attached hydrogens (primary N) is 1. The van der Waals surface area contributed by atoms with E-state index in [1.807, 2.05) is 41.7 Å². The quantitative estimate of drug-likeness (QED) is 0.927. The molecule has 4 nitrogen and oxygen atoms in total. The van der Waals surface area contributed by atoms with Gasteiger partial charge in [0.2, 0.25) is 0 Å². The number of Topliss-reactive ketones (excluding diaryl/α,β-unsaturated/α-hetero) is 1. The van der Waals surface area contributed by atoms with Gasteiger partial charge in [0.1, 0.15) is 5.78 Å². The zero-order chi connectivity index (χ0) is 14.3. The highest BCUT2D eigenvalue weighted by molar-refractivity contribution is 9.10. The molecule has 0 aliphatic heterocycles. The zero-order valence-corrected chi connectivity index (χ0v) is 13.6. The van der Waals surface area contributed by atoms with E-state index in [9.17, 15) is 4.79 Å². The van der Waals surface area contributed by atoms with E-state index in [0.717, 1.165) is 15.9 Å². The van der Waals surface area contributed by atoms with Gasteiger partial charge in [-0.2, -0.15) is 5.10 Å². The number of carbonyl (C=O) groups excluding carboxylic acids is 1. The van der Waals surface area contributed by atoms with Gasteiger partial charge in [-0.05, 0) is 36.7 Å². The molecule has 2 N–H and O–H groups in total. The van der Waals surface area contributed by atoms with Crippen LogP contribution in [0.2, 0.25) is 0 Å². The minimum Gasteiger partial charge on any atom is -0.325 e. The van der Waals surface area contributed by atoms with Gasteiger partial charge in [-0.1, -0.05) is 13.8 Å². The van der Waals surface area contributed by atoms with Crippen molar-refractivity contribution in [3.05, 3.63) is 15.9 Å². The van der Waals surface area contributed by atoms with Gasteiger partial charge < -0.3 is 5.73 Å². The van der Waals surface area contributed by atoms with E-state index in [-0.39, 0.29) is 5.78 Å². The fourth-order valence-electron chi connectivity index (χ4n) is 1.60. The molecule has 0 radical (unpaired) electrons. The number of ketones is 1. The molecule has 0 unspecified atom stereocenters. The molecule has 0 bridgehead atoms. The molecule has 0 aliphatic carbocycles. The summed E-state index contributed by atoms with van der Waals surface area (Å²) in [7, 11) is 1.85. The lowest BCUT2D eigenvalue weighted by molar-refractivity contribution is -0.129. The Balaban J connectivity index is 3.02. The first-order chi connectivity index (χ1) is 7.98. The van der Waals surface area contributed by atoms with Crippen molar-refractivity contribution in [3.8, 4) is 0 Å². The van der Waals surface area contributed by atoms with E-state index in [0.29, 0.717) is 6.42 Å². The smallest absolute Gasteiger partial charge is 0.146 e. The predicted molar refractivity (Wildman–Crippen MR) is 76.4 cm³/mol. The van der Waals surface area contributed by atoms with Crippen LogP contribution in [-0.4, -0.2) is 21.1 Å². The van der Waals surface area contributed by atoms with Gasteiger partial charge in [-0.25, -0.2) is 0 Å². The fraction of sp³-hybridized carbons (Fsp3) is 0.692. The van der Waals surface area contributed by atoms with Crippen molar-refractivity contribution in [2.24, 2.45) is 18.2 Å². The topological polar surface area (TPSA) is 60.9 Å². The lowest BCUT2D eigenvalue weighted by Crippen LogP contribution is -2.52. The van der Waals surface area contributed by atoms with Crippen LogP contribution in [0.4, 0.5) is 0 Å². The van der Waals surface area contributed by atoms with Crippen LogP contribution in [0.5, 0.6) is 0 Å². The van der Waals surface area contributed by atoms with Gasteiger partial charge in [0.25, 0.3) is 0 Å². The monoisotopic (exact) mass is 315 g/mol. The Labute approximate surface area is 117 Å². The number of halogens is 1. The molecule has 1 aromatic rings. The summed E-state index contributed by atoms with van der Waals surface area (Å²) in [4.78, 5) is 12.5. The van der Waals surface area contributed by atoms with E-state index in [1.54, 1.807) is 4.68 Å². The standard InChI is InChI=1S/C13H22BrN3O/c1-8-11(14)9(17(6)16-8)7-10(18)12(2,3)13(4,5)15/h7,15H2,1-6H3. The van der Waals surface area contributed by atoms with Gasteiger partial charge in [0.15, 0.2) is 0 Å². The molecule has 0 fully saturated rings. The Morgan fingerprint density at radius 2 is 1.89 bits per heavy atom. The Hall–Kier alpha value is -0.680. The van der Waals surface area contributed by atoms with Gasteiger partial charge in [0, 0.05) is 18.0 Å². The van der Waals surface area contributed by atoms with Crippen molar-refractivity contribution < 1.29 is 4.79 Å². The zero-order valence-electron chi connectivity index (χ0n) is 12.0. The molecular formula is C13H22BrN3O. The number of aromatic nitrogens is 2. The summed E-state index contributed by atoms with van der Waals surface area (Å²) in [6.45, 7) is 9.47. The molecule has 102 valence electrons. The first-order valence-corrected chi connectivity index (χ1v) is 6.78. The fourth-order valence-corrected chi connectivity index (χ4v) is 2.08. The molecule has 1 aromatic heterocycles. The molecule has 18 heavy (non-hydrogen) atoms. The highest BCUT2D eigenvalue weighted by atomic mass is 79.9. The van der Waals surface area contributed by atoms with Crippen molar-refractivity contribution in [1.29, 1.82) is 0 Å². The molecule has 0 aliphatic rings. The third kappa shape index (κ3) is 2.67. The van der Waals surface area contributed by atoms with E-state index in [1.165, 1.54) is 0 Å². The molecule has 1 heterocycles. The molecule has 0 amide bonds. The Kier molecular flexibility index (Phi) is 4.08. The van der Waals surface area contributed by atoms with Gasteiger partial charge in [0.05, 0.1) is 22.3 Å². The number of hydrogen-bond acceptors (Lipinski definition) is 3. The van der Waals surface area contributed by atoms with E-state index < -0.39 is 11.0 Å². The molecule has 0 saturated heterocycles. The number of rotatable bonds is 4. The predicted octanol–water partition coefficient (Wildman–Crippen LogP) is 2.37.